The summed E-state index contributed by atoms with van der Waals surface area (Å²) >= 11 is 0. The average Bonchev–Trinajstić information content (AvgIpc) is 2.92. The molecular formula is C18H19FN2. The van der Waals surface area contributed by atoms with Crippen LogP contribution in [0.5, 0.6) is 0 Å². The summed E-state index contributed by atoms with van der Waals surface area (Å²) in [4.78, 5) is 0. The lowest BCUT2D eigenvalue weighted by Crippen LogP contribution is -2.17. The van der Waals surface area contributed by atoms with Crippen LogP contribution in [0, 0.1) is 5.82 Å². The van der Waals surface area contributed by atoms with E-state index in [2.05, 4.69) is 46.4 Å². The van der Waals surface area contributed by atoms with E-state index < -0.39 is 0 Å². The number of rotatable bonds is 6. The highest BCUT2D eigenvalue weighted by Crippen LogP contribution is 2.15. The molecule has 0 bridgehead atoms. The summed E-state index contributed by atoms with van der Waals surface area (Å²) in [7, 11) is 0. The summed E-state index contributed by atoms with van der Waals surface area (Å²) < 4.78 is 15.7. The van der Waals surface area contributed by atoms with E-state index >= 15 is 0 Å². The molecule has 108 valence electrons. The van der Waals surface area contributed by atoms with Crippen molar-refractivity contribution in [2.75, 3.05) is 6.54 Å². The SMILES string of the molecule is Fc1ccccc1CNCCCn1ccc2ccccc21. The Morgan fingerprint density at radius 2 is 1.76 bits per heavy atom. The van der Waals surface area contributed by atoms with Crippen LogP contribution in [-0.4, -0.2) is 11.1 Å². The van der Waals surface area contributed by atoms with Gasteiger partial charge in [-0.2, -0.15) is 0 Å². The van der Waals surface area contributed by atoms with Crippen LogP contribution in [0.1, 0.15) is 12.0 Å². The second-order valence-electron chi connectivity index (χ2n) is 5.19. The molecule has 0 amide bonds. The molecule has 21 heavy (non-hydrogen) atoms. The van der Waals surface area contributed by atoms with Crippen molar-refractivity contribution in [3.8, 4) is 0 Å². The highest BCUT2D eigenvalue weighted by molar-refractivity contribution is 5.79. The molecule has 1 heterocycles. The molecule has 0 radical (unpaired) electrons. The van der Waals surface area contributed by atoms with Crippen LogP contribution >= 0.6 is 0 Å². The van der Waals surface area contributed by atoms with Gasteiger partial charge in [-0.1, -0.05) is 36.4 Å². The molecule has 0 saturated carbocycles. The van der Waals surface area contributed by atoms with Crippen molar-refractivity contribution in [1.82, 2.24) is 9.88 Å². The van der Waals surface area contributed by atoms with E-state index in [1.54, 1.807) is 6.07 Å². The lowest BCUT2D eigenvalue weighted by atomic mass is 10.2. The lowest BCUT2D eigenvalue weighted by Gasteiger charge is -2.08. The van der Waals surface area contributed by atoms with Crippen molar-refractivity contribution in [1.29, 1.82) is 0 Å². The zero-order chi connectivity index (χ0) is 14.5. The molecule has 0 fully saturated rings. The predicted octanol–water partition coefficient (Wildman–Crippen LogP) is 3.96. The van der Waals surface area contributed by atoms with Gasteiger partial charge in [0, 0.05) is 30.4 Å². The summed E-state index contributed by atoms with van der Waals surface area (Å²) in [6.07, 6.45) is 3.15. The van der Waals surface area contributed by atoms with E-state index in [4.69, 9.17) is 0 Å². The average molecular weight is 282 g/mol. The fourth-order valence-electron chi connectivity index (χ4n) is 2.57. The fourth-order valence-corrected chi connectivity index (χ4v) is 2.57. The number of benzene rings is 2. The van der Waals surface area contributed by atoms with E-state index in [-0.39, 0.29) is 5.82 Å². The standard InChI is InChI=1S/C18H19FN2/c19-17-8-3-1-7-16(17)14-20-11-5-12-21-13-10-15-6-2-4-9-18(15)21/h1-4,6-10,13,20H,5,11-12,14H2. The van der Waals surface area contributed by atoms with Gasteiger partial charge in [0.05, 0.1) is 0 Å². The number of nitrogens with one attached hydrogen (secondary N) is 1. The summed E-state index contributed by atoms with van der Waals surface area (Å²) in [5.74, 6) is -0.138. The molecule has 3 aromatic rings. The van der Waals surface area contributed by atoms with E-state index in [0.717, 1.165) is 25.1 Å². The molecule has 0 atom stereocenters. The van der Waals surface area contributed by atoms with Gasteiger partial charge in [0.25, 0.3) is 0 Å². The second-order valence-corrected chi connectivity index (χ2v) is 5.19. The fraction of sp³-hybridized carbons (Fsp3) is 0.222. The molecule has 1 N–H and O–H groups in total. The summed E-state index contributed by atoms with van der Waals surface area (Å²) in [6.45, 7) is 2.43. The first-order valence-corrected chi connectivity index (χ1v) is 7.32. The monoisotopic (exact) mass is 282 g/mol. The Balaban J connectivity index is 1.47. The van der Waals surface area contributed by atoms with Crippen molar-refractivity contribution in [3.63, 3.8) is 0 Å². The van der Waals surface area contributed by atoms with Gasteiger partial charge in [-0.25, -0.2) is 4.39 Å². The molecule has 1 aromatic heterocycles. The molecule has 3 rings (SSSR count). The molecule has 3 heteroatoms. The molecule has 0 aliphatic rings. The molecule has 0 unspecified atom stereocenters. The largest absolute Gasteiger partial charge is 0.347 e. The van der Waals surface area contributed by atoms with E-state index in [0.29, 0.717) is 6.54 Å². The zero-order valence-corrected chi connectivity index (χ0v) is 11.9. The number of hydrogen-bond acceptors (Lipinski definition) is 1. The van der Waals surface area contributed by atoms with Crippen LogP contribution in [0.4, 0.5) is 4.39 Å². The Labute approximate surface area is 124 Å². The number of hydrogen-bond donors (Lipinski definition) is 1. The summed E-state index contributed by atoms with van der Waals surface area (Å²) in [5, 5.41) is 4.57. The van der Waals surface area contributed by atoms with Gasteiger partial charge >= 0.3 is 0 Å². The highest BCUT2D eigenvalue weighted by atomic mass is 19.1. The molecule has 0 aliphatic heterocycles. The Morgan fingerprint density at radius 1 is 0.952 bits per heavy atom. The van der Waals surface area contributed by atoms with Gasteiger partial charge in [-0.05, 0) is 36.6 Å². The third-order valence-corrected chi connectivity index (χ3v) is 3.71. The van der Waals surface area contributed by atoms with Crippen LogP contribution < -0.4 is 5.32 Å². The predicted molar refractivity (Wildman–Crippen MR) is 84.7 cm³/mol. The van der Waals surface area contributed by atoms with E-state index in [9.17, 15) is 4.39 Å². The number of halogens is 1. The van der Waals surface area contributed by atoms with Gasteiger partial charge in [-0.3, -0.25) is 0 Å². The van der Waals surface area contributed by atoms with Crippen LogP contribution in [-0.2, 0) is 13.1 Å². The number of aromatic nitrogens is 1. The van der Waals surface area contributed by atoms with Crippen molar-refractivity contribution in [3.05, 3.63) is 72.2 Å². The Morgan fingerprint density at radius 3 is 2.67 bits per heavy atom. The van der Waals surface area contributed by atoms with E-state index in [1.165, 1.54) is 17.0 Å². The first-order valence-electron chi connectivity index (χ1n) is 7.32. The minimum Gasteiger partial charge on any atom is -0.347 e. The Bertz CT molecular complexity index is 718. The molecule has 2 aromatic carbocycles. The maximum atomic E-state index is 13.5. The normalized spacial score (nSPS) is 11.1. The minimum atomic E-state index is -0.138. The molecule has 0 saturated heterocycles. The third-order valence-electron chi connectivity index (χ3n) is 3.71. The van der Waals surface area contributed by atoms with Gasteiger partial charge in [0.2, 0.25) is 0 Å². The molecular weight excluding hydrogens is 263 g/mol. The van der Waals surface area contributed by atoms with E-state index in [1.807, 2.05) is 12.1 Å². The van der Waals surface area contributed by atoms with Gasteiger partial charge in [0.15, 0.2) is 0 Å². The van der Waals surface area contributed by atoms with Crippen LogP contribution in [0.2, 0.25) is 0 Å². The third kappa shape index (κ3) is 3.31. The van der Waals surface area contributed by atoms with Crippen LogP contribution in [0.3, 0.4) is 0 Å². The Kier molecular flexibility index (Phi) is 4.31. The molecule has 0 spiro atoms. The van der Waals surface area contributed by atoms with Crippen LogP contribution in [0.25, 0.3) is 10.9 Å². The number of fused-ring (bicyclic) bond motifs is 1. The zero-order valence-electron chi connectivity index (χ0n) is 11.9. The van der Waals surface area contributed by atoms with Gasteiger partial charge < -0.3 is 9.88 Å². The first-order chi connectivity index (χ1) is 10.3. The van der Waals surface area contributed by atoms with Gasteiger partial charge in [-0.15, -0.1) is 0 Å². The smallest absolute Gasteiger partial charge is 0.127 e. The number of nitrogens with zero attached hydrogens (tertiary/aromatic N) is 1. The first kappa shape index (κ1) is 13.8. The maximum Gasteiger partial charge on any atom is 0.127 e. The summed E-state index contributed by atoms with van der Waals surface area (Å²) in [5.41, 5.74) is 2.00. The van der Waals surface area contributed by atoms with Crippen molar-refractivity contribution >= 4 is 10.9 Å². The molecule has 0 aliphatic carbocycles. The lowest BCUT2D eigenvalue weighted by molar-refractivity contribution is 0.563. The second kappa shape index (κ2) is 6.55. The van der Waals surface area contributed by atoms with Crippen molar-refractivity contribution in [2.45, 2.75) is 19.5 Å². The quantitative estimate of drug-likeness (QED) is 0.677. The van der Waals surface area contributed by atoms with Crippen molar-refractivity contribution < 1.29 is 4.39 Å². The van der Waals surface area contributed by atoms with Crippen LogP contribution in [0.15, 0.2) is 60.8 Å². The molecule has 2 nitrogen and oxygen atoms in total. The number of para-hydroxylation sites is 1. The maximum absolute atomic E-state index is 13.5. The minimum absolute atomic E-state index is 0.138. The highest BCUT2D eigenvalue weighted by Gasteiger charge is 2.01. The Hall–Kier alpha value is -2.13. The number of aryl methyl sites for hydroxylation is 1. The van der Waals surface area contributed by atoms with Gasteiger partial charge in [0.1, 0.15) is 5.82 Å². The summed E-state index contributed by atoms with van der Waals surface area (Å²) in [6, 6.07) is 17.4. The van der Waals surface area contributed by atoms with Crippen molar-refractivity contribution in [2.24, 2.45) is 0 Å². The topological polar surface area (TPSA) is 17.0 Å².